The molecule has 90 valence electrons. The number of halogens is 3. The Morgan fingerprint density at radius 3 is 2.81 bits per heavy atom. The average molecular weight is 234 g/mol. The molecule has 1 aromatic rings. The van der Waals surface area contributed by atoms with Gasteiger partial charge in [-0.2, -0.15) is 0 Å². The molecule has 0 aliphatic rings. The van der Waals surface area contributed by atoms with E-state index < -0.39 is 13.0 Å². The third kappa shape index (κ3) is 5.09. The molecule has 0 radical (unpaired) electrons. The van der Waals surface area contributed by atoms with Crippen molar-refractivity contribution in [2.75, 3.05) is 13.2 Å². The molecule has 1 rings (SSSR count). The van der Waals surface area contributed by atoms with Crippen molar-refractivity contribution in [3.8, 4) is 0 Å². The van der Waals surface area contributed by atoms with E-state index in [2.05, 4.69) is 15.0 Å². The summed E-state index contributed by atoms with van der Waals surface area (Å²) >= 11 is 0. The maximum Gasteiger partial charge on any atom is 0.522 e. The van der Waals surface area contributed by atoms with Gasteiger partial charge < -0.3 is 5.32 Å². The summed E-state index contributed by atoms with van der Waals surface area (Å²) < 4.78 is 38.6. The number of ether oxygens (including phenoxy) is 1. The van der Waals surface area contributed by atoms with E-state index >= 15 is 0 Å². The van der Waals surface area contributed by atoms with Crippen molar-refractivity contribution in [2.45, 2.75) is 19.3 Å². The predicted octanol–water partition coefficient (Wildman–Crippen LogP) is 2.27. The van der Waals surface area contributed by atoms with Crippen molar-refractivity contribution in [2.24, 2.45) is 0 Å². The van der Waals surface area contributed by atoms with Crippen molar-refractivity contribution in [1.82, 2.24) is 10.3 Å². The molecule has 16 heavy (non-hydrogen) atoms. The van der Waals surface area contributed by atoms with Crippen LogP contribution in [0, 0.1) is 0 Å². The fraction of sp³-hybridized carbons (Fsp3) is 0.500. The monoisotopic (exact) mass is 234 g/mol. The van der Waals surface area contributed by atoms with Crippen LogP contribution >= 0.6 is 0 Å². The fourth-order valence-electron chi connectivity index (χ4n) is 1.19. The van der Waals surface area contributed by atoms with E-state index in [1.54, 1.807) is 18.5 Å². The molecule has 0 amide bonds. The predicted molar refractivity (Wildman–Crippen MR) is 52.7 cm³/mol. The molecule has 0 aliphatic heterocycles. The maximum atomic E-state index is 11.6. The van der Waals surface area contributed by atoms with Gasteiger partial charge in [-0.05, 0) is 18.6 Å². The second kappa shape index (κ2) is 5.81. The van der Waals surface area contributed by atoms with Crippen LogP contribution in [-0.4, -0.2) is 24.5 Å². The van der Waals surface area contributed by atoms with Gasteiger partial charge in [0.1, 0.15) is 0 Å². The smallest absolute Gasteiger partial charge is 0.308 e. The molecule has 0 aromatic carbocycles. The van der Waals surface area contributed by atoms with Crippen LogP contribution in [-0.2, 0) is 4.74 Å². The van der Waals surface area contributed by atoms with E-state index in [0.717, 1.165) is 5.56 Å². The Labute approximate surface area is 91.6 Å². The SMILES string of the molecule is CC(NCCOC(F)(F)F)c1cccnc1. The first-order valence-corrected chi connectivity index (χ1v) is 4.83. The van der Waals surface area contributed by atoms with Gasteiger partial charge in [-0.15, -0.1) is 13.2 Å². The minimum absolute atomic E-state index is 0.0504. The molecule has 1 aromatic heterocycles. The zero-order chi connectivity index (χ0) is 12.0. The highest BCUT2D eigenvalue weighted by molar-refractivity contribution is 5.12. The van der Waals surface area contributed by atoms with E-state index in [-0.39, 0.29) is 12.6 Å². The number of alkyl halides is 3. The molecule has 1 N–H and O–H groups in total. The minimum Gasteiger partial charge on any atom is -0.308 e. The maximum absolute atomic E-state index is 11.6. The van der Waals surface area contributed by atoms with Crippen molar-refractivity contribution < 1.29 is 17.9 Å². The van der Waals surface area contributed by atoms with Crippen LogP contribution in [0.25, 0.3) is 0 Å². The lowest BCUT2D eigenvalue weighted by molar-refractivity contribution is -0.323. The number of pyridine rings is 1. The van der Waals surface area contributed by atoms with Crippen LogP contribution in [0.15, 0.2) is 24.5 Å². The van der Waals surface area contributed by atoms with Crippen molar-refractivity contribution in [3.63, 3.8) is 0 Å². The van der Waals surface area contributed by atoms with Gasteiger partial charge in [0.2, 0.25) is 0 Å². The van der Waals surface area contributed by atoms with E-state index in [1.807, 2.05) is 13.0 Å². The number of nitrogens with one attached hydrogen (secondary N) is 1. The summed E-state index contributed by atoms with van der Waals surface area (Å²) in [6, 6.07) is 3.58. The summed E-state index contributed by atoms with van der Waals surface area (Å²) in [5.41, 5.74) is 0.925. The van der Waals surface area contributed by atoms with E-state index in [4.69, 9.17) is 0 Å². The van der Waals surface area contributed by atoms with Gasteiger partial charge >= 0.3 is 6.36 Å². The average Bonchev–Trinajstić information content (AvgIpc) is 2.24. The summed E-state index contributed by atoms with van der Waals surface area (Å²) in [6.45, 7) is 1.59. The van der Waals surface area contributed by atoms with Crippen LogP contribution in [0.4, 0.5) is 13.2 Å². The lowest BCUT2D eigenvalue weighted by Crippen LogP contribution is -2.26. The Bertz CT molecular complexity index is 303. The number of hydrogen-bond donors (Lipinski definition) is 1. The van der Waals surface area contributed by atoms with Crippen LogP contribution in [0.3, 0.4) is 0 Å². The fourth-order valence-corrected chi connectivity index (χ4v) is 1.19. The summed E-state index contributed by atoms with van der Waals surface area (Å²) in [7, 11) is 0. The first-order chi connectivity index (χ1) is 7.49. The zero-order valence-electron chi connectivity index (χ0n) is 8.79. The lowest BCUT2D eigenvalue weighted by atomic mass is 10.1. The number of rotatable bonds is 5. The van der Waals surface area contributed by atoms with Crippen LogP contribution in [0.2, 0.25) is 0 Å². The van der Waals surface area contributed by atoms with Gasteiger partial charge in [0.25, 0.3) is 0 Å². The highest BCUT2D eigenvalue weighted by Gasteiger charge is 2.28. The highest BCUT2D eigenvalue weighted by Crippen LogP contribution is 2.15. The molecule has 1 unspecified atom stereocenters. The Hall–Kier alpha value is -1.14. The quantitative estimate of drug-likeness (QED) is 0.793. The zero-order valence-corrected chi connectivity index (χ0v) is 8.79. The molecule has 6 heteroatoms. The second-order valence-electron chi connectivity index (χ2n) is 3.26. The Morgan fingerprint density at radius 2 is 2.25 bits per heavy atom. The summed E-state index contributed by atoms with van der Waals surface area (Å²) in [5.74, 6) is 0. The molecule has 3 nitrogen and oxygen atoms in total. The molecule has 1 atom stereocenters. The number of hydrogen-bond acceptors (Lipinski definition) is 3. The van der Waals surface area contributed by atoms with Crippen LogP contribution in [0.5, 0.6) is 0 Å². The largest absolute Gasteiger partial charge is 0.522 e. The van der Waals surface area contributed by atoms with Crippen molar-refractivity contribution >= 4 is 0 Å². The summed E-state index contributed by atoms with van der Waals surface area (Å²) in [5, 5.41) is 2.91. The van der Waals surface area contributed by atoms with E-state index in [9.17, 15) is 13.2 Å². The summed E-state index contributed by atoms with van der Waals surface area (Å²) in [4.78, 5) is 3.92. The highest BCUT2D eigenvalue weighted by atomic mass is 19.4. The first-order valence-electron chi connectivity index (χ1n) is 4.83. The van der Waals surface area contributed by atoms with Crippen LogP contribution < -0.4 is 5.32 Å². The Balaban J connectivity index is 2.24. The topological polar surface area (TPSA) is 34.1 Å². The first kappa shape index (κ1) is 12.9. The number of aromatic nitrogens is 1. The molecule has 0 saturated heterocycles. The molecule has 0 saturated carbocycles. The third-order valence-electron chi connectivity index (χ3n) is 2.00. The normalized spacial score (nSPS) is 13.8. The minimum atomic E-state index is -4.56. The van der Waals surface area contributed by atoms with Gasteiger partial charge in [0, 0.05) is 25.0 Å². The molecule has 1 heterocycles. The Morgan fingerprint density at radius 1 is 1.50 bits per heavy atom. The van der Waals surface area contributed by atoms with Gasteiger partial charge in [0.15, 0.2) is 0 Å². The van der Waals surface area contributed by atoms with E-state index in [0.29, 0.717) is 0 Å². The van der Waals surface area contributed by atoms with Gasteiger partial charge in [-0.25, -0.2) is 0 Å². The standard InChI is InChI=1S/C10H13F3N2O/c1-8(9-3-2-4-14-7-9)15-5-6-16-10(11,12)13/h2-4,7-8,15H,5-6H2,1H3. The molecular weight excluding hydrogens is 221 g/mol. The lowest BCUT2D eigenvalue weighted by Gasteiger charge is -2.14. The molecular formula is C10H13F3N2O. The molecule has 0 fully saturated rings. The van der Waals surface area contributed by atoms with Gasteiger partial charge in [-0.3, -0.25) is 9.72 Å². The molecule has 0 bridgehead atoms. The Kier molecular flexibility index (Phi) is 4.70. The summed E-state index contributed by atoms with van der Waals surface area (Å²) in [6.07, 6.45) is -1.25. The third-order valence-corrected chi connectivity index (χ3v) is 2.00. The van der Waals surface area contributed by atoms with Crippen molar-refractivity contribution in [1.29, 1.82) is 0 Å². The second-order valence-corrected chi connectivity index (χ2v) is 3.26. The van der Waals surface area contributed by atoms with Crippen molar-refractivity contribution in [3.05, 3.63) is 30.1 Å². The van der Waals surface area contributed by atoms with Gasteiger partial charge in [0.05, 0.1) is 6.61 Å². The molecule has 0 spiro atoms. The van der Waals surface area contributed by atoms with Crippen LogP contribution in [0.1, 0.15) is 18.5 Å². The van der Waals surface area contributed by atoms with Gasteiger partial charge in [-0.1, -0.05) is 6.07 Å². The number of nitrogens with zero attached hydrogens (tertiary/aromatic N) is 1. The molecule has 0 aliphatic carbocycles. The van der Waals surface area contributed by atoms with E-state index in [1.165, 1.54) is 0 Å².